The Labute approximate surface area is 738 Å². The predicted octanol–water partition coefficient (Wildman–Crippen LogP) is 21.9. The number of hydrogen-bond acceptors (Lipinski definition) is 16. The number of carbonyl (C=O) groups excluding carboxylic acids is 4. The van der Waals surface area contributed by atoms with E-state index in [0.29, 0.717) is 17.2 Å². The molecule has 9 N–H and O–H groups in total. The minimum absolute atomic E-state index is 0. The topological polar surface area (TPSA) is 286 Å². The molecule has 3 aliphatic heterocycles. The van der Waals surface area contributed by atoms with Gasteiger partial charge in [0.15, 0.2) is 0 Å². The molecule has 3 aliphatic rings. The van der Waals surface area contributed by atoms with Crippen molar-refractivity contribution in [2.24, 2.45) is 0 Å². The van der Waals surface area contributed by atoms with Gasteiger partial charge in [0.25, 0.3) is 0 Å². The maximum absolute atomic E-state index is 14.6. The molecule has 3 atom stereocenters. The standard InChI is InChI=1S/C30H33FN2O4.C23H27FN2O4.C15H23NO.C14H12FNO2.C7H7Br.C7H6FNO2.2ClH/c1-3-30(16-7-8-17-33(2)21-30)23-12-9-13-25(18-23)37-29(35)32-24-14-15-26(27(31)19-24)28(34)36-20-22-10-5-4-6-11-22;1-3-23(11-4-5-12-26(2)15-23)16-7-6-8-18(13-16)30-22(29)25-17-9-10-19(21(27)28)20(24)14-17;1-3-15(9-4-5-10-16(2)12-15)13-7-6-8-14(17)11-13;15-13-8-11(16)6-7-12(13)14(17)18-9-10-4-2-1-3-5-10;8-6-7-4-2-1-3-5-7;8-6-3-4(9)1-2-5(6)7(10)11;;/h4-6,9-15,18-19H,3,7-8,16-17,20-21H2,1-2H3,(H,32,35);6-10,13-14H,3-5,11-12,15H2,1-2H3,(H,25,29)(H,27,28);6-8,11,17H,3-5,9-10,12H2,1-2H3;1-8H,9,16H2;1-5H,6H2;1-3H,9H2,(H,10,11);2*1H. The number of nitrogen functional groups attached to an aromatic ring is 2. The number of rotatable bonds is 19. The number of nitrogens with one attached hydrogen (secondary N) is 2. The van der Waals surface area contributed by atoms with E-state index >= 15 is 0 Å². The van der Waals surface area contributed by atoms with Crippen LogP contribution in [0.4, 0.5) is 49.9 Å². The molecule has 3 heterocycles. The van der Waals surface area contributed by atoms with E-state index in [1.165, 1.54) is 86.2 Å². The monoisotopic (exact) mass is 1790 g/mol. The molecule has 0 saturated carbocycles. The summed E-state index contributed by atoms with van der Waals surface area (Å²) in [6, 6.07) is 66.2. The summed E-state index contributed by atoms with van der Waals surface area (Å²) < 4.78 is 75.7. The lowest BCUT2D eigenvalue weighted by Gasteiger charge is -2.35. The van der Waals surface area contributed by atoms with Crippen molar-refractivity contribution in [2.45, 2.75) is 133 Å². The molecule has 10 aromatic carbocycles. The Morgan fingerprint density at radius 1 is 0.407 bits per heavy atom. The number of halogens is 7. The van der Waals surface area contributed by atoms with Crippen LogP contribution in [0.25, 0.3) is 0 Å². The van der Waals surface area contributed by atoms with Crippen molar-refractivity contribution in [2.75, 3.05) is 82.5 Å². The fourth-order valence-corrected chi connectivity index (χ4v) is 15.3. The Hall–Kier alpha value is -11.3. The lowest BCUT2D eigenvalue weighted by Crippen LogP contribution is -2.37. The van der Waals surface area contributed by atoms with Gasteiger partial charge < -0.3 is 60.4 Å². The molecule has 0 spiro atoms. The van der Waals surface area contributed by atoms with E-state index in [9.17, 15) is 51.4 Å². The Morgan fingerprint density at radius 2 is 0.732 bits per heavy atom. The smallest absolute Gasteiger partial charge is 0.417 e. The van der Waals surface area contributed by atoms with E-state index in [0.717, 1.165) is 142 Å². The van der Waals surface area contributed by atoms with Crippen LogP contribution in [0.1, 0.15) is 173 Å². The first kappa shape index (κ1) is 100. The molecular formula is C96H110BrCl2F4N7O13. The first-order chi connectivity index (χ1) is 58.1. The Morgan fingerprint density at radius 3 is 1.06 bits per heavy atom. The largest absolute Gasteiger partial charge is 0.508 e. The number of alkyl halides is 1. The molecule has 656 valence electrons. The van der Waals surface area contributed by atoms with Crippen molar-refractivity contribution in [3.63, 3.8) is 0 Å². The summed E-state index contributed by atoms with van der Waals surface area (Å²) in [5, 5.41) is 32.9. The zero-order chi connectivity index (χ0) is 87.5. The number of carboxylic acid groups (broad SMARTS) is 2. The van der Waals surface area contributed by atoms with Gasteiger partial charge in [-0.1, -0.05) is 183 Å². The van der Waals surface area contributed by atoms with E-state index < -0.39 is 64.9 Å². The van der Waals surface area contributed by atoms with Crippen LogP contribution >= 0.6 is 40.7 Å². The minimum atomic E-state index is -1.37. The van der Waals surface area contributed by atoms with E-state index in [-0.39, 0.29) is 93.7 Å². The van der Waals surface area contributed by atoms with E-state index in [2.05, 4.69) is 114 Å². The minimum Gasteiger partial charge on any atom is -0.508 e. The normalized spacial score (nSPS) is 16.8. The van der Waals surface area contributed by atoms with Crippen molar-refractivity contribution < 1.29 is 80.6 Å². The van der Waals surface area contributed by atoms with Crippen LogP contribution in [-0.2, 0) is 44.3 Å². The van der Waals surface area contributed by atoms with Crippen LogP contribution in [0.3, 0.4) is 0 Å². The van der Waals surface area contributed by atoms with Gasteiger partial charge in [0, 0.05) is 64.0 Å². The number of ether oxygens (including phenoxy) is 4. The number of esters is 2. The fourth-order valence-electron chi connectivity index (χ4n) is 15.0. The van der Waals surface area contributed by atoms with Gasteiger partial charge in [0.2, 0.25) is 0 Å². The number of phenolic OH excluding ortho intramolecular Hbond substituents is 1. The van der Waals surface area contributed by atoms with E-state index in [1.807, 2.05) is 115 Å². The van der Waals surface area contributed by atoms with Crippen molar-refractivity contribution in [1.29, 1.82) is 0 Å². The third-order valence-electron chi connectivity index (χ3n) is 21.6. The maximum atomic E-state index is 14.6. The number of anilines is 4. The number of likely N-dealkylation sites (tertiary alicyclic amines) is 3. The van der Waals surface area contributed by atoms with Gasteiger partial charge in [0.1, 0.15) is 53.7 Å². The third-order valence-corrected chi connectivity index (χ3v) is 22.2. The van der Waals surface area contributed by atoms with Crippen molar-refractivity contribution in [1.82, 2.24) is 14.7 Å². The summed E-state index contributed by atoms with van der Waals surface area (Å²) in [6.45, 7) is 13.2. The number of likely N-dealkylation sites (N-methyl/N-ethyl adjacent to an activating group) is 3. The van der Waals surface area contributed by atoms with Crippen molar-refractivity contribution >= 4 is 99.6 Å². The van der Waals surface area contributed by atoms with Crippen molar-refractivity contribution in [3.8, 4) is 17.2 Å². The van der Waals surface area contributed by atoms with Crippen LogP contribution in [0.2, 0.25) is 0 Å². The number of carbonyl (C=O) groups is 6. The first-order valence-corrected chi connectivity index (χ1v) is 41.4. The summed E-state index contributed by atoms with van der Waals surface area (Å²) in [4.78, 5) is 77.1. The van der Waals surface area contributed by atoms with Crippen LogP contribution < -0.4 is 31.6 Å². The molecule has 0 radical (unpaired) electrons. The molecule has 3 fully saturated rings. The number of benzene rings is 10. The number of amides is 2. The highest BCUT2D eigenvalue weighted by Gasteiger charge is 2.36. The first-order valence-electron chi connectivity index (χ1n) is 40.3. The fraction of sp³-hybridized carbons (Fsp3) is 0.312. The highest BCUT2D eigenvalue weighted by Crippen LogP contribution is 2.41. The highest BCUT2D eigenvalue weighted by atomic mass is 79.9. The number of hydrogen-bond donors (Lipinski definition) is 7. The Kier molecular flexibility index (Phi) is 41.1. The molecule has 13 rings (SSSR count). The lowest BCUT2D eigenvalue weighted by atomic mass is 9.74. The number of nitrogens with zero attached hydrogens (tertiary/aromatic N) is 3. The van der Waals surface area contributed by atoms with Crippen LogP contribution in [0.15, 0.2) is 237 Å². The molecule has 20 nitrogen and oxygen atoms in total. The van der Waals surface area contributed by atoms with Crippen LogP contribution in [0.5, 0.6) is 17.2 Å². The second-order valence-corrected chi connectivity index (χ2v) is 30.9. The summed E-state index contributed by atoms with van der Waals surface area (Å²) >= 11 is 3.36. The zero-order valence-electron chi connectivity index (χ0n) is 70.0. The summed E-state index contributed by atoms with van der Waals surface area (Å²) in [6.07, 6.45) is 12.3. The summed E-state index contributed by atoms with van der Waals surface area (Å²) in [5.74, 6) is -6.10. The molecular weight excluding hydrogens is 1690 g/mol. The zero-order valence-corrected chi connectivity index (χ0v) is 73.2. The number of phenols is 1. The van der Waals surface area contributed by atoms with Gasteiger partial charge in [-0.3, -0.25) is 10.6 Å². The second-order valence-electron chi connectivity index (χ2n) is 30.3. The number of aromatic carboxylic acids is 2. The second kappa shape index (κ2) is 50.3. The molecule has 0 aromatic heterocycles. The van der Waals surface area contributed by atoms with Gasteiger partial charge >= 0.3 is 36.1 Å². The number of carboxylic acids is 2. The third kappa shape index (κ3) is 31.2. The van der Waals surface area contributed by atoms with Crippen molar-refractivity contribution in [3.05, 3.63) is 315 Å². The molecule has 123 heavy (non-hydrogen) atoms. The van der Waals surface area contributed by atoms with E-state index in [1.54, 1.807) is 18.2 Å². The van der Waals surface area contributed by atoms with E-state index in [4.69, 9.17) is 40.6 Å². The number of aromatic hydroxyl groups is 1. The van der Waals surface area contributed by atoms with Gasteiger partial charge in [-0.25, -0.2) is 46.3 Å². The quantitative estimate of drug-likeness (QED) is 0.0171. The molecule has 2 amide bonds. The van der Waals surface area contributed by atoms with Gasteiger partial charge in [-0.05, 0) is 241 Å². The highest BCUT2D eigenvalue weighted by molar-refractivity contribution is 9.08. The predicted molar refractivity (Wildman–Crippen MR) is 483 cm³/mol. The summed E-state index contributed by atoms with van der Waals surface area (Å²) in [5.41, 5.74) is 17.1. The van der Waals surface area contributed by atoms with Crippen LogP contribution in [-0.4, -0.2) is 126 Å². The SMILES string of the molecule is BrCc1ccccc1.CCC1(c2cccc(O)c2)CCCCN(C)C1.CCC1(c2cccc(OC(=O)Nc3ccc(C(=O)O)c(F)c3)c2)CCCCN(C)C1.CCC1(c2cccc(OC(=O)Nc3ccc(C(=O)OCc4ccccc4)c(F)c3)c2)CCCCN(C)C1.Cl.Cl.Nc1ccc(C(=O)O)c(F)c1.Nc1ccc(C(=O)OCc2ccccc2)c(F)c1. The average molecular weight is 1800 g/mol. The van der Waals surface area contributed by atoms with Gasteiger partial charge in [-0.2, -0.15) is 0 Å². The maximum Gasteiger partial charge on any atom is 0.417 e. The molecule has 27 heteroatoms. The molecule has 3 unspecified atom stereocenters. The number of nitrogens with two attached hydrogens (primary N) is 2. The average Bonchev–Trinajstić information content (AvgIpc) is 1.80. The Balaban J connectivity index is 0.000000243. The molecule has 3 saturated heterocycles. The van der Waals surface area contributed by atoms with Gasteiger partial charge in [0.05, 0.1) is 22.3 Å². The molecule has 10 aromatic rings. The Bertz CT molecular complexity index is 5060. The molecule has 0 aliphatic carbocycles. The van der Waals surface area contributed by atoms with Crippen LogP contribution in [0, 0.1) is 23.3 Å². The lowest BCUT2D eigenvalue weighted by molar-refractivity contribution is 0.0458. The molecule has 0 bridgehead atoms. The van der Waals surface area contributed by atoms with Gasteiger partial charge in [-0.15, -0.1) is 24.8 Å². The summed E-state index contributed by atoms with van der Waals surface area (Å²) in [7, 11) is 6.49.